The molecule has 6 aliphatic rings. The molecule has 7 rings (SSSR count). The van der Waals surface area contributed by atoms with Crippen LogP contribution in [-0.4, -0.2) is 166 Å². The number of carbonyl (C=O) groups excluding carboxylic acids is 3. The van der Waals surface area contributed by atoms with Crippen molar-refractivity contribution in [3.05, 3.63) is 60.1 Å². The van der Waals surface area contributed by atoms with Crippen LogP contribution in [0.4, 0.5) is 0 Å². The van der Waals surface area contributed by atoms with Crippen LogP contribution in [0.15, 0.2) is 54.5 Å². The van der Waals surface area contributed by atoms with E-state index in [-0.39, 0.29) is 41.4 Å². The van der Waals surface area contributed by atoms with Gasteiger partial charge >= 0.3 is 17.9 Å². The fourth-order valence-corrected chi connectivity index (χ4v) is 8.81. The first-order chi connectivity index (χ1) is 29.2. The standard InChI is InChI=1S/C40H50O21/c1-4-16-17-8-9-53-35(50)20(17)13-54-37(16)60-40-33(31(47)29(45)25(12-42)59-40)56-22-7-5-6-18(27(22)43)36(51)57-23-10-19-21(34(49)52-3)14-55-38(26(19)15(23)2)61-39-32(48)30(46)28(44)24(11-41)58-39/h4-7,13-17,19,23-26,28-33,37-48H,1,8-12H2,2-3H3/t15-,16+,17-,19+,23-,24-,25+,26+,28-,29+,30+,31-,32-,33+,37-,38-,39+,40-/m1/s1. The van der Waals surface area contributed by atoms with Crippen LogP contribution in [0, 0.1) is 29.6 Å². The fourth-order valence-electron chi connectivity index (χ4n) is 8.81. The van der Waals surface area contributed by atoms with Crippen LogP contribution in [0.5, 0.6) is 11.5 Å². The number of aliphatic hydroxyl groups excluding tert-OH is 7. The van der Waals surface area contributed by atoms with Crippen LogP contribution < -0.4 is 4.74 Å². The first-order valence-electron chi connectivity index (χ1n) is 19.7. The molecule has 0 radical (unpaired) electrons. The number of hydrogen-bond acceptors (Lipinski definition) is 21. The van der Waals surface area contributed by atoms with Gasteiger partial charge in [-0.25, -0.2) is 14.4 Å². The number of benzene rings is 1. The molecule has 1 aliphatic carbocycles. The van der Waals surface area contributed by atoms with E-state index in [0.717, 1.165) is 6.26 Å². The number of cyclic esters (lactones) is 1. The number of phenols is 1. The molecule has 4 fully saturated rings. The topological polar surface area (TPSA) is 305 Å². The Bertz CT molecular complexity index is 1850. The number of aromatic hydroxyl groups is 1. The maximum atomic E-state index is 13.8. The molecule has 3 saturated heterocycles. The molecule has 0 spiro atoms. The van der Waals surface area contributed by atoms with Gasteiger partial charge in [0.15, 0.2) is 23.9 Å². The highest BCUT2D eigenvalue weighted by Crippen LogP contribution is 2.49. The Labute approximate surface area is 348 Å². The van der Waals surface area contributed by atoms with Gasteiger partial charge in [0.25, 0.3) is 0 Å². The molecule has 5 heterocycles. The normalized spacial score (nSPS) is 40.7. The smallest absolute Gasteiger partial charge is 0.342 e. The SMILES string of the molecule is C=C[C@@H]1[C@@H](O[C@H]2O[C@@H](CO)[C@H](O)[C@@H](O)[C@@H]2Oc2cccc(C(=O)O[C@@H]3C[C@H]4C(C(=O)OC)=CO[C@H](O[C@@H]5O[C@H](CO)[C@@H](O)[C@H](O)[C@H]5O)[C@H]4[C@@H]3C)c2O)OC=C2C(=O)OCC[C@@H]21. The van der Waals surface area contributed by atoms with Crippen LogP contribution in [0.3, 0.4) is 0 Å². The third kappa shape index (κ3) is 8.44. The number of aliphatic hydroxyl groups is 7. The number of fused-ring (bicyclic) bond motifs is 2. The minimum absolute atomic E-state index is 0.0373. The molecule has 0 aromatic heterocycles. The average molecular weight is 867 g/mol. The summed E-state index contributed by atoms with van der Waals surface area (Å²) in [6.07, 6.45) is -15.0. The predicted molar refractivity (Wildman–Crippen MR) is 197 cm³/mol. The predicted octanol–water partition coefficient (Wildman–Crippen LogP) is -1.77. The zero-order chi connectivity index (χ0) is 43.9. The number of hydrogen-bond donors (Lipinski definition) is 8. The van der Waals surface area contributed by atoms with Gasteiger partial charge in [-0.05, 0) is 25.0 Å². The number of ether oxygens (including phenoxy) is 10. The van der Waals surface area contributed by atoms with Gasteiger partial charge in [-0.2, -0.15) is 0 Å². The van der Waals surface area contributed by atoms with Crippen molar-refractivity contribution in [3.8, 4) is 11.5 Å². The minimum atomic E-state index is -1.78. The maximum absolute atomic E-state index is 13.8. The first kappa shape index (κ1) is 44.7. The summed E-state index contributed by atoms with van der Waals surface area (Å²) in [5.41, 5.74) is -0.00194. The first-order valence-corrected chi connectivity index (χ1v) is 19.7. The summed E-state index contributed by atoms with van der Waals surface area (Å²) in [7, 11) is 1.17. The quantitative estimate of drug-likeness (QED) is 0.0655. The molecule has 0 unspecified atom stereocenters. The Kier molecular flexibility index (Phi) is 13.6. The van der Waals surface area contributed by atoms with Crippen molar-refractivity contribution in [3.63, 3.8) is 0 Å². The van der Waals surface area contributed by atoms with Crippen LogP contribution in [-0.2, 0) is 52.2 Å². The molecular weight excluding hydrogens is 816 g/mol. The summed E-state index contributed by atoms with van der Waals surface area (Å²) in [6.45, 7) is 4.26. The third-order valence-electron chi connectivity index (χ3n) is 12.2. The van der Waals surface area contributed by atoms with Gasteiger partial charge in [-0.15, -0.1) is 6.58 Å². The van der Waals surface area contributed by atoms with Crippen LogP contribution >= 0.6 is 0 Å². The second kappa shape index (κ2) is 18.5. The Morgan fingerprint density at radius 3 is 2.21 bits per heavy atom. The fraction of sp³-hybridized carbons (Fsp3) is 0.625. The van der Waals surface area contributed by atoms with Crippen molar-refractivity contribution >= 4 is 17.9 Å². The molecule has 1 aromatic rings. The summed E-state index contributed by atoms with van der Waals surface area (Å²) in [6, 6.07) is 3.86. The monoisotopic (exact) mass is 866 g/mol. The molecule has 8 N–H and O–H groups in total. The van der Waals surface area contributed by atoms with E-state index in [1.54, 1.807) is 6.92 Å². The van der Waals surface area contributed by atoms with Gasteiger partial charge in [-0.1, -0.05) is 19.1 Å². The molecule has 21 heteroatoms. The van der Waals surface area contributed by atoms with E-state index in [9.17, 15) is 55.2 Å². The minimum Gasteiger partial charge on any atom is -0.504 e. The van der Waals surface area contributed by atoms with Gasteiger partial charge < -0.3 is 88.2 Å². The highest BCUT2D eigenvalue weighted by molar-refractivity contribution is 5.93. The lowest BCUT2D eigenvalue weighted by atomic mass is 9.81. The lowest BCUT2D eigenvalue weighted by Gasteiger charge is -2.44. The average Bonchev–Trinajstić information content (AvgIpc) is 3.58. The molecular formula is C40H50O21. The maximum Gasteiger partial charge on any atom is 0.342 e. The summed E-state index contributed by atoms with van der Waals surface area (Å²) in [4.78, 5) is 39.0. The number of carbonyl (C=O) groups is 3. The van der Waals surface area contributed by atoms with Crippen LogP contribution in [0.2, 0.25) is 0 Å². The Balaban J connectivity index is 1.09. The van der Waals surface area contributed by atoms with E-state index >= 15 is 0 Å². The molecule has 61 heavy (non-hydrogen) atoms. The molecule has 336 valence electrons. The highest BCUT2D eigenvalue weighted by atomic mass is 16.8. The van der Waals surface area contributed by atoms with Crippen molar-refractivity contribution in [2.75, 3.05) is 26.9 Å². The molecule has 0 bridgehead atoms. The molecule has 1 saturated carbocycles. The summed E-state index contributed by atoms with van der Waals surface area (Å²) in [5, 5.41) is 84.2. The van der Waals surface area contributed by atoms with Crippen molar-refractivity contribution in [1.82, 2.24) is 0 Å². The Hall–Kier alpha value is -4.39. The number of methoxy groups -OCH3 is 1. The van der Waals surface area contributed by atoms with E-state index < -0.39 is 141 Å². The second-order valence-corrected chi connectivity index (χ2v) is 15.6. The van der Waals surface area contributed by atoms with Gasteiger partial charge in [0.1, 0.15) is 54.4 Å². The summed E-state index contributed by atoms with van der Waals surface area (Å²) in [5.74, 6) is -6.49. The lowest BCUT2D eigenvalue weighted by molar-refractivity contribution is -0.342. The number of esters is 3. The van der Waals surface area contributed by atoms with E-state index in [1.807, 2.05) is 0 Å². The lowest BCUT2D eigenvalue weighted by Crippen LogP contribution is -2.62. The van der Waals surface area contributed by atoms with Gasteiger partial charge in [-0.3, -0.25) is 0 Å². The van der Waals surface area contributed by atoms with E-state index in [1.165, 1.54) is 37.6 Å². The van der Waals surface area contributed by atoms with Gasteiger partial charge in [0.2, 0.25) is 18.9 Å². The van der Waals surface area contributed by atoms with E-state index in [4.69, 9.17) is 47.4 Å². The molecule has 1 aromatic carbocycles. The highest BCUT2D eigenvalue weighted by Gasteiger charge is 2.55. The molecule has 18 atom stereocenters. The van der Waals surface area contributed by atoms with Gasteiger partial charge in [0.05, 0.1) is 50.6 Å². The number of phenolic OH excluding ortho intramolecular Hbond substituents is 1. The third-order valence-corrected chi connectivity index (χ3v) is 12.2. The van der Waals surface area contributed by atoms with Crippen molar-refractivity contribution in [1.29, 1.82) is 0 Å². The Morgan fingerprint density at radius 2 is 1.52 bits per heavy atom. The van der Waals surface area contributed by atoms with Crippen LogP contribution in [0.25, 0.3) is 0 Å². The molecule has 5 aliphatic heterocycles. The number of para-hydroxylation sites is 1. The van der Waals surface area contributed by atoms with E-state index in [0.29, 0.717) is 6.42 Å². The van der Waals surface area contributed by atoms with Crippen LogP contribution in [0.1, 0.15) is 30.1 Å². The van der Waals surface area contributed by atoms with Crippen molar-refractivity contribution < 1.29 is 103 Å². The largest absolute Gasteiger partial charge is 0.504 e. The summed E-state index contributed by atoms with van der Waals surface area (Å²) >= 11 is 0. The molecule has 21 nitrogen and oxygen atoms in total. The second-order valence-electron chi connectivity index (χ2n) is 15.6. The van der Waals surface area contributed by atoms with Crippen molar-refractivity contribution in [2.45, 2.75) is 99.9 Å². The number of rotatable bonds is 12. The van der Waals surface area contributed by atoms with Crippen molar-refractivity contribution in [2.24, 2.45) is 29.6 Å². The Morgan fingerprint density at radius 1 is 0.852 bits per heavy atom. The zero-order valence-electron chi connectivity index (χ0n) is 33.0. The molecule has 0 amide bonds. The summed E-state index contributed by atoms with van der Waals surface area (Å²) < 4.78 is 56.9. The van der Waals surface area contributed by atoms with Gasteiger partial charge in [0, 0.05) is 29.6 Å². The zero-order valence-corrected chi connectivity index (χ0v) is 33.0. The van der Waals surface area contributed by atoms with E-state index in [2.05, 4.69) is 6.58 Å².